The number of carbonyl (C=O) groups is 1. The third-order valence-electron chi connectivity index (χ3n) is 6.23. The van der Waals surface area contributed by atoms with Crippen molar-refractivity contribution < 1.29 is 26.4 Å². The summed E-state index contributed by atoms with van der Waals surface area (Å²) in [7, 11) is -4.31. The van der Waals surface area contributed by atoms with Crippen molar-refractivity contribution >= 4 is 27.3 Å². The SMILES string of the molecule is O=C(CN(c1cccc(C(F)(F)F)c1)S(=O)(=O)c1ccccc1)NCc1ccc(N2CCCCC2)cc1. The van der Waals surface area contributed by atoms with Crippen molar-refractivity contribution in [2.45, 2.75) is 36.9 Å². The Labute approximate surface area is 214 Å². The van der Waals surface area contributed by atoms with Gasteiger partial charge < -0.3 is 10.2 Å². The molecule has 3 aromatic rings. The summed E-state index contributed by atoms with van der Waals surface area (Å²) < 4.78 is 67.4. The second-order valence-electron chi connectivity index (χ2n) is 8.86. The van der Waals surface area contributed by atoms with Gasteiger partial charge in [-0.15, -0.1) is 0 Å². The van der Waals surface area contributed by atoms with E-state index in [4.69, 9.17) is 0 Å². The van der Waals surface area contributed by atoms with Crippen LogP contribution < -0.4 is 14.5 Å². The smallest absolute Gasteiger partial charge is 0.372 e. The molecule has 6 nitrogen and oxygen atoms in total. The second-order valence-corrected chi connectivity index (χ2v) is 10.7. The van der Waals surface area contributed by atoms with Gasteiger partial charge in [0.15, 0.2) is 0 Å². The molecule has 0 radical (unpaired) electrons. The average molecular weight is 532 g/mol. The average Bonchev–Trinajstić information content (AvgIpc) is 2.91. The molecule has 1 amide bonds. The van der Waals surface area contributed by atoms with E-state index in [0.29, 0.717) is 4.31 Å². The molecule has 0 saturated carbocycles. The predicted octanol–water partition coefficient (Wildman–Crippen LogP) is 5.21. The van der Waals surface area contributed by atoms with Crippen LogP contribution in [0.3, 0.4) is 0 Å². The highest BCUT2D eigenvalue weighted by Crippen LogP contribution is 2.33. The first-order valence-corrected chi connectivity index (χ1v) is 13.4. The number of sulfonamides is 1. The summed E-state index contributed by atoms with van der Waals surface area (Å²) in [4.78, 5) is 15.0. The number of alkyl halides is 3. The van der Waals surface area contributed by atoms with Crippen molar-refractivity contribution in [3.63, 3.8) is 0 Å². The Morgan fingerprint density at radius 3 is 2.22 bits per heavy atom. The fraction of sp³-hybridized carbons (Fsp3) is 0.296. The molecule has 0 atom stereocenters. The lowest BCUT2D eigenvalue weighted by molar-refractivity contribution is -0.137. The van der Waals surface area contributed by atoms with Gasteiger partial charge in [0.05, 0.1) is 16.1 Å². The maximum Gasteiger partial charge on any atom is 0.416 e. The van der Waals surface area contributed by atoms with Crippen molar-refractivity contribution in [2.24, 2.45) is 0 Å². The zero-order chi connectivity index (χ0) is 26.5. The number of anilines is 2. The first-order chi connectivity index (χ1) is 17.6. The number of nitrogens with one attached hydrogen (secondary N) is 1. The second kappa shape index (κ2) is 11.2. The summed E-state index contributed by atoms with van der Waals surface area (Å²) in [6.45, 7) is 1.50. The van der Waals surface area contributed by atoms with Crippen molar-refractivity contribution in [1.29, 1.82) is 0 Å². The summed E-state index contributed by atoms with van der Waals surface area (Å²) >= 11 is 0. The molecule has 10 heteroatoms. The third kappa shape index (κ3) is 6.62. The molecule has 1 aliphatic rings. The fourth-order valence-electron chi connectivity index (χ4n) is 4.24. The number of piperidine rings is 1. The lowest BCUT2D eigenvalue weighted by Gasteiger charge is -2.28. The number of carbonyl (C=O) groups excluding carboxylic acids is 1. The van der Waals surface area contributed by atoms with Gasteiger partial charge in [0.2, 0.25) is 5.91 Å². The zero-order valence-electron chi connectivity index (χ0n) is 20.1. The molecule has 1 N–H and O–H groups in total. The molecule has 0 aliphatic carbocycles. The van der Waals surface area contributed by atoms with Gasteiger partial charge >= 0.3 is 6.18 Å². The number of hydrogen-bond donors (Lipinski definition) is 1. The van der Waals surface area contributed by atoms with Gasteiger partial charge in [0.25, 0.3) is 10.0 Å². The van der Waals surface area contributed by atoms with Crippen LogP contribution in [-0.2, 0) is 27.5 Å². The van der Waals surface area contributed by atoms with E-state index in [1.165, 1.54) is 36.8 Å². The highest BCUT2D eigenvalue weighted by atomic mass is 32.2. The van der Waals surface area contributed by atoms with Gasteiger partial charge in [-0.1, -0.05) is 36.4 Å². The minimum absolute atomic E-state index is 0.131. The van der Waals surface area contributed by atoms with Crippen molar-refractivity contribution in [3.05, 3.63) is 90.0 Å². The summed E-state index contributed by atoms with van der Waals surface area (Å²) in [5.74, 6) is -0.642. The molecule has 1 saturated heterocycles. The van der Waals surface area contributed by atoms with E-state index >= 15 is 0 Å². The first-order valence-electron chi connectivity index (χ1n) is 12.0. The number of halogens is 3. The van der Waals surface area contributed by atoms with Gasteiger partial charge in [0.1, 0.15) is 6.54 Å². The number of hydrogen-bond acceptors (Lipinski definition) is 4. The minimum Gasteiger partial charge on any atom is -0.372 e. The van der Waals surface area contributed by atoms with Gasteiger partial charge in [-0.25, -0.2) is 8.42 Å². The maximum absolute atomic E-state index is 13.4. The van der Waals surface area contributed by atoms with E-state index in [2.05, 4.69) is 10.2 Å². The maximum atomic E-state index is 13.4. The Kier molecular flexibility index (Phi) is 8.06. The Bertz CT molecular complexity index is 1310. The van der Waals surface area contributed by atoms with Crippen molar-refractivity contribution in [3.8, 4) is 0 Å². The molecule has 4 rings (SSSR count). The standard InChI is InChI=1S/C27H28F3N3O3S/c28-27(29,30)22-8-7-9-24(18-22)33(37(35,36)25-10-3-1-4-11-25)20-26(34)31-19-21-12-14-23(15-13-21)32-16-5-2-6-17-32/h1,3-4,7-15,18H,2,5-6,16-17,19-20H2,(H,31,34). The Morgan fingerprint density at radius 2 is 1.57 bits per heavy atom. The van der Waals surface area contributed by atoms with Crippen LogP contribution in [0.4, 0.5) is 24.5 Å². The summed E-state index contributed by atoms with van der Waals surface area (Å²) in [5.41, 5.74) is 0.678. The number of nitrogens with zero attached hydrogens (tertiary/aromatic N) is 2. The third-order valence-corrected chi connectivity index (χ3v) is 8.02. The quantitative estimate of drug-likeness (QED) is 0.434. The van der Waals surface area contributed by atoms with Crippen LogP contribution in [0.5, 0.6) is 0 Å². The highest BCUT2D eigenvalue weighted by molar-refractivity contribution is 7.92. The zero-order valence-corrected chi connectivity index (χ0v) is 20.9. The molecule has 196 valence electrons. The van der Waals surface area contributed by atoms with E-state index < -0.39 is 34.2 Å². The molecule has 1 aliphatic heterocycles. The molecule has 37 heavy (non-hydrogen) atoms. The van der Waals surface area contributed by atoms with E-state index in [-0.39, 0.29) is 17.1 Å². The predicted molar refractivity (Wildman–Crippen MR) is 137 cm³/mol. The van der Waals surface area contributed by atoms with E-state index in [9.17, 15) is 26.4 Å². The van der Waals surface area contributed by atoms with Crippen molar-refractivity contribution in [1.82, 2.24) is 5.32 Å². The Hall–Kier alpha value is -3.53. The topological polar surface area (TPSA) is 69.7 Å². The van der Waals surface area contributed by atoms with Crippen LogP contribution in [0.1, 0.15) is 30.4 Å². The van der Waals surface area contributed by atoms with Crippen LogP contribution >= 0.6 is 0 Å². The molecule has 3 aromatic carbocycles. The summed E-state index contributed by atoms with van der Waals surface area (Å²) in [5, 5.41) is 2.69. The van der Waals surface area contributed by atoms with Crippen LogP contribution in [-0.4, -0.2) is 34.0 Å². The van der Waals surface area contributed by atoms with Crippen LogP contribution in [0.15, 0.2) is 83.8 Å². The fourth-order valence-corrected chi connectivity index (χ4v) is 5.67. The van der Waals surface area contributed by atoms with Crippen LogP contribution in [0, 0.1) is 0 Å². The van der Waals surface area contributed by atoms with Gasteiger partial charge in [-0.2, -0.15) is 13.2 Å². The molecule has 0 aromatic heterocycles. The van der Waals surface area contributed by atoms with Gasteiger partial charge in [-0.3, -0.25) is 9.10 Å². The first kappa shape index (κ1) is 26.5. The Balaban J connectivity index is 1.51. The molecule has 0 unspecified atom stereocenters. The summed E-state index contributed by atoms with van der Waals surface area (Å²) in [6, 6.07) is 19.0. The van der Waals surface area contributed by atoms with Crippen LogP contribution in [0.25, 0.3) is 0 Å². The van der Waals surface area contributed by atoms with E-state index in [0.717, 1.165) is 55.4 Å². The molecule has 1 heterocycles. The number of amides is 1. The summed E-state index contributed by atoms with van der Waals surface area (Å²) in [6.07, 6.45) is -1.11. The van der Waals surface area contributed by atoms with Crippen molar-refractivity contribution in [2.75, 3.05) is 28.8 Å². The Morgan fingerprint density at radius 1 is 0.892 bits per heavy atom. The number of rotatable bonds is 8. The number of benzene rings is 3. The van der Waals surface area contributed by atoms with Gasteiger partial charge in [-0.05, 0) is 67.3 Å². The normalized spacial score (nSPS) is 14.3. The van der Waals surface area contributed by atoms with Crippen LogP contribution in [0.2, 0.25) is 0 Å². The van der Waals surface area contributed by atoms with E-state index in [1.54, 1.807) is 6.07 Å². The molecular formula is C27H28F3N3O3S. The molecular weight excluding hydrogens is 503 g/mol. The molecule has 0 bridgehead atoms. The monoisotopic (exact) mass is 531 g/mol. The van der Waals surface area contributed by atoms with Gasteiger partial charge in [0, 0.05) is 25.3 Å². The minimum atomic E-state index is -4.67. The largest absolute Gasteiger partial charge is 0.416 e. The lowest BCUT2D eigenvalue weighted by atomic mass is 10.1. The molecule has 1 fully saturated rings. The molecule has 0 spiro atoms. The lowest BCUT2D eigenvalue weighted by Crippen LogP contribution is -2.40. The highest BCUT2D eigenvalue weighted by Gasteiger charge is 2.33. The van der Waals surface area contributed by atoms with E-state index in [1.807, 2.05) is 24.3 Å².